The summed E-state index contributed by atoms with van der Waals surface area (Å²) >= 11 is 0. The molecule has 2 aliphatic rings. The Balaban J connectivity index is 1.30. The first-order valence-corrected chi connectivity index (χ1v) is 9.28. The van der Waals surface area contributed by atoms with Gasteiger partial charge in [0.15, 0.2) is 0 Å². The molecule has 2 atom stereocenters. The van der Waals surface area contributed by atoms with Gasteiger partial charge in [-0.25, -0.2) is 4.79 Å². The van der Waals surface area contributed by atoms with Crippen LogP contribution in [0.1, 0.15) is 23.3 Å². The average molecular weight is 382 g/mol. The third kappa shape index (κ3) is 4.26. The highest BCUT2D eigenvalue weighted by Gasteiger charge is 2.22. The van der Waals surface area contributed by atoms with E-state index in [0.717, 1.165) is 13.1 Å². The van der Waals surface area contributed by atoms with Crippen molar-refractivity contribution in [2.24, 2.45) is 5.92 Å². The van der Waals surface area contributed by atoms with Gasteiger partial charge < -0.3 is 19.6 Å². The maximum Gasteiger partial charge on any atom is 0.405 e. The second-order valence-electron chi connectivity index (χ2n) is 7.24. The zero-order valence-corrected chi connectivity index (χ0v) is 15.3. The highest BCUT2D eigenvalue weighted by atomic mass is 16.5. The van der Waals surface area contributed by atoms with E-state index in [1.54, 1.807) is 0 Å². The Morgan fingerprint density at radius 2 is 2.00 bits per heavy atom. The molecule has 7 nitrogen and oxygen atoms in total. The van der Waals surface area contributed by atoms with Crippen molar-refractivity contribution >= 4 is 6.09 Å². The molecule has 2 heterocycles. The maximum atomic E-state index is 12.3. The van der Waals surface area contributed by atoms with E-state index in [0.29, 0.717) is 25.3 Å². The van der Waals surface area contributed by atoms with Gasteiger partial charge in [0.05, 0.1) is 19.2 Å². The minimum atomic E-state index is -1.05. The van der Waals surface area contributed by atoms with Gasteiger partial charge in [-0.15, -0.1) is 0 Å². The van der Waals surface area contributed by atoms with Gasteiger partial charge in [0.25, 0.3) is 0 Å². The number of rotatable bonds is 6. The minimum absolute atomic E-state index is 0.0547. The first kappa shape index (κ1) is 18.3. The predicted molar refractivity (Wildman–Crippen MR) is 102 cm³/mol. The molecule has 2 unspecified atom stereocenters. The molecule has 7 heteroatoms. The van der Waals surface area contributed by atoms with Crippen LogP contribution < -0.4 is 15.5 Å². The number of amides is 1. The van der Waals surface area contributed by atoms with E-state index >= 15 is 0 Å². The van der Waals surface area contributed by atoms with Gasteiger partial charge in [-0.2, -0.15) is 0 Å². The molecule has 1 aromatic carbocycles. The van der Waals surface area contributed by atoms with Crippen LogP contribution in [0, 0.1) is 5.92 Å². The summed E-state index contributed by atoms with van der Waals surface area (Å²) in [5, 5.41) is 11.2. The first-order chi connectivity index (χ1) is 13.6. The second kappa shape index (κ2) is 7.90. The van der Waals surface area contributed by atoms with E-state index in [2.05, 4.69) is 22.3 Å². The Kier molecular flexibility index (Phi) is 5.16. The molecule has 0 saturated heterocycles. The van der Waals surface area contributed by atoms with E-state index in [-0.39, 0.29) is 23.1 Å². The normalized spacial score (nSPS) is 20.9. The summed E-state index contributed by atoms with van der Waals surface area (Å²) in [7, 11) is 0. The number of fused-ring (bicyclic) bond motifs is 1. The Morgan fingerprint density at radius 3 is 2.68 bits per heavy atom. The smallest absolute Gasteiger partial charge is 0.405 e. The summed E-state index contributed by atoms with van der Waals surface area (Å²) in [5.41, 5.74) is 2.41. The number of nitrogens with zero attached hydrogens (tertiary/aromatic N) is 1. The van der Waals surface area contributed by atoms with Crippen molar-refractivity contribution in [3.8, 4) is 5.75 Å². The van der Waals surface area contributed by atoms with E-state index < -0.39 is 6.09 Å². The molecule has 0 fully saturated rings. The van der Waals surface area contributed by atoms with Crippen LogP contribution in [0.25, 0.3) is 0 Å². The molecule has 0 spiro atoms. The van der Waals surface area contributed by atoms with Gasteiger partial charge in [0.1, 0.15) is 12.0 Å². The SMILES string of the molecule is O=C(O)NC1C=CC(COc2coc(CN3Cc4ccccc4C3)cc2=O)C1. The third-order valence-electron chi connectivity index (χ3n) is 5.07. The number of hydrogen-bond donors (Lipinski definition) is 2. The molecular weight excluding hydrogens is 360 g/mol. The topological polar surface area (TPSA) is 92.0 Å². The van der Waals surface area contributed by atoms with Gasteiger partial charge in [-0.05, 0) is 17.5 Å². The number of carbonyl (C=O) groups is 1. The molecule has 0 saturated carbocycles. The van der Waals surface area contributed by atoms with Crippen LogP contribution in [0.15, 0.2) is 58.0 Å². The molecule has 28 heavy (non-hydrogen) atoms. The summed E-state index contributed by atoms with van der Waals surface area (Å²) in [5.74, 6) is 0.840. The fourth-order valence-electron chi connectivity index (χ4n) is 3.72. The summed E-state index contributed by atoms with van der Waals surface area (Å²) in [6.07, 6.45) is 4.65. The van der Waals surface area contributed by atoms with Gasteiger partial charge in [0.2, 0.25) is 11.2 Å². The summed E-state index contributed by atoms with van der Waals surface area (Å²) in [6, 6.07) is 9.58. The molecule has 1 aromatic heterocycles. The molecule has 0 radical (unpaired) electrons. The monoisotopic (exact) mass is 382 g/mol. The quantitative estimate of drug-likeness (QED) is 0.747. The molecule has 1 amide bonds. The zero-order valence-electron chi connectivity index (χ0n) is 15.3. The van der Waals surface area contributed by atoms with Crippen LogP contribution >= 0.6 is 0 Å². The van der Waals surface area contributed by atoms with Crippen LogP contribution in [0.5, 0.6) is 5.75 Å². The van der Waals surface area contributed by atoms with E-state index in [1.165, 1.54) is 23.5 Å². The summed E-state index contributed by atoms with van der Waals surface area (Å²) in [6.45, 7) is 2.56. The number of ether oxygens (including phenoxy) is 1. The lowest BCUT2D eigenvalue weighted by Crippen LogP contribution is -2.31. The summed E-state index contributed by atoms with van der Waals surface area (Å²) in [4.78, 5) is 25.2. The summed E-state index contributed by atoms with van der Waals surface area (Å²) < 4.78 is 11.2. The molecule has 1 aliphatic carbocycles. The Labute approximate surface area is 162 Å². The molecule has 146 valence electrons. The van der Waals surface area contributed by atoms with Crippen molar-refractivity contribution < 1.29 is 19.1 Å². The zero-order chi connectivity index (χ0) is 19.5. The van der Waals surface area contributed by atoms with Crippen molar-refractivity contribution in [3.63, 3.8) is 0 Å². The van der Waals surface area contributed by atoms with Crippen LogP contribution in [0.4, 0.5) is 4.79 Å². The van der Waals surface area contributed by atoms with E-state index in [1.807, 2.05) is 24.3 Å². The minimum Gasteiger partial charge on any atom is -0.486 e. The van der Waals surface area contributed by atoms with Crippen molar-refractivity contribution in [2.75, 3.05) is 6.61 Å². The number of nitrogens with one attached hydrogen (secondary N) is 1. The number of benzene rings is 1. The molecule has 2 N–H and O–H groups in total. The predicted octanol–water partition coefficient (Wildman–Crippen LogP) is 2.75. The largest absolute Gasteiger partial charge is 0.486 e. The standard InChI is InChI=1S/C21H22N2O5/c24-19-8-18(11-23-9-15-3-1-2-4-16(15)10-23)27-13-20(19)28-12-14-5-6-17(7-14)22-21(25)26/h1-6,8,13-14,17,22H,7,9-12H2,(H,25,26). The molecular formula is C21H22N2O5. The van der Waals surface area contributed by atoms with Crippen molar-refractivity contribution in [2.45, 2.75) is 32.1 Å². The van der Waals surface area contributed by atoms with E-state index in [4.69, 9.17) is 14.3 Å². The Bertz CT molecular complexity index is 927. The fourth-order valence-corrected chi connectivity index (χ4v) is 3.72. The third-order valence-corrected chi connectivity index (χ3v) is 5.07. The van der Waals surface area contributed by atoms with Gasteiger partial charge >= 0.3 is 6.09 Å². The van der Waals surface area contributed by atoms with Crippen LogP contribution in [0.3, 0.4) is 0 Å². The Hall–Kier alpha value is -3.06. The number of carboxylic acid groups (broad SMARTS) is 1. The van der Waals surface area contributed by atoms with Gasteiger partial charge in [-0.3, -0.25) is 9.69 Å². The van der Waals surface area contributed by atoms with E-state index in [9.17, 15) is 9.59 Å². The van der Waals surface area contributed by atoms with Crippen LogP contribution in [-0.2, 0) is 19.6 Å². The van der Waals surface area contributed by atoms with Crippen LogP contribution in [-0.4, -0.2) is 28.7 Å². The first-order valence-electron chi connectivity index (χ1n) is 9.28. The average Bonchev–Trinajstić information content (AvgIpc) is 3.26. The van der Waals surface area contributed by atoms with Crippen molar-refractivity contribution in [3.05, 3.63) is 75.9 Å². The Morgan fingerprint density at radius 1 is 1.25 bits per heavy atom. The van der Waals surface area contributed by atoms with Crippen LogP contribution in [0.2, 0.25) is 0 Å². The molecule has 0 bridgehead atoms. The molecule has 2 aromatic rings. The maximum absolute atomic E-state index is 12.3. The lowest BCUT2D eigenvalue weighted by atomic mass is 10.1. The van der Waals surface area contributed by atoms with Crippen molar-refractivity contribution in [1.82, 2.24) is 10.2 Å². The molecule has 1 aliphatic heterocycles. The highest BCUT2D eigenvalue weighted by Crippen LogP contribution is 2.24. The highest BCUT2D eigenvalue weighted by molar-refractivity contribution is 5.65. The lowest BCUT2D eigenvalue weighted by molar-refractivity contribution is 0.190. The van der Waals surface area contributed by atoms with Gasteiger partial charge in [0, 0.05) is 25.1 Å². The van der Waals surface area contributed by atoms with Crippen molar-refractivity contribution in [1.29, 1.82) is 0 Å². The second-order valence-corrected chi connectivity index (χ2v) is 7.24. The fraction of sp³-hybridized carbons (Fsp3) is 0.333. The van der Waals surface area contributed by atoms with Gasteiger partial charge in [-0.1, -0.05) is 36.4 Å². The number of hydrogen-bond acceptors (Lipinski definition) is 5. The lowest BCUT2D eigenvalue weighted by Gasteiger charge is -2.15. The molecule has 4 rings (SSSR count).